The number of β-amino-alcohol motifs (C(OH)–C–C–N with tert-alkyl or cyclic N) is 1. The molecule has 188 valence electrons. The fourth-order valence-corrected chi connectivity index (χ4v) is 6.33. The van der Waals surface area contributed by atoms with E-state index in [1.54, 1.807) is 43.6 Å². The Morgan fingerprint density at radius 3 is 2.44 bits per heavy atom. The molecule has 0 bridgehead atoms. The van der Waals surface area contributed by atoms with Crippen molar-refractivity contribution in [3.8, 4) is 22.5 Å². The zero-order valence-corrected chi connectivity index (χ0v) is 21.2. The Hall–Kier alpha value is -3.47. The van der Waals surface area contributed by atoms with Crippen molar-refractivity contribution in [1.82, 2.24) is 19.0 Å². The lowest BCUT2D eigenvalue weighted by atomic mass is 9.95. The van der Waals surface area contributed by atoms with Crippen LogP contribution in [0.2, 0.25) is 0 Å². The van der Waals surface area contributed by atoms with Gasteiger partial charge in [0, 0.05) is 36.6 Å². The Bertz CT molecular complexity index is 1470. The van der Waals surface area contributed by atoms with Crippen LogP contribution < -0.4 is 5.32 Å². The van der Waals surface area contributed by atoms with E-state index in [-0.39, 0.29) is 24.0 Å². The molecule has 4 heterocycles. The maximum Gasteiger partial charge on any atom is 0.243 e. The average Bonchev–Trinajstić information content (AvgIpc) is 3.36. The smallest absolute Gasteiger partial charge is 0.243 e. The van der Waals surface area contributed by atoms with Crippen LogP contribution in [0.4, 0.5) is 5.82 Å². The molecule has 1 saturated heterocycles. The SMILES string of the molecule is Cc1ccc(N[C@@H]2CCN(S(=O)(=O)c3ccc(-c4c(C)c5ccnc-5n(O)c4C)cc3)C[C@@H]2O)nc1. The quantitative estimate of drug-likeness (QED) is 0.354. The van der Waals surface area contributed by atoms with E-state index in [2.05, 4.69) is 15.3 Å². The van der Waals surface area contributed by atoms with Gasteiger partial charge in [-0.15, -0.1) is 0 Å². The summed E-state index contributed by atoms with van der Waals surface area (Å²) >= 11 is 0. The molecule has 1 aromatic heterocycles. The highest BCUT2D eigenvalue weighted by Gasteiger charge is 2.35. The molecule has 3 N–H and O–H groups in total. The molecule has 0 spiro atoms. The fraction of sp³-hybridized carbons (Fsp3) is 0.308. The van der Waals surface area contributed by atoms with Gasteiger partial charge in [-0.25, -0.2) is 18.4 Å². The molecular formula is C26H29N5O4S. The van der Waals surface area contributed by atoms with Crippen LogP contribution >= 0.6 is 0 Å². The third-order valence-corrected chi connectivity index (χ3v) is 8.79. The Labute approximate surface area is 210 Å². The number of aromatic nitrogens is 3. The number of pyridine rings is 2. The summed E-state index contributed by atoms with van der Waals surface area (Å²) in [5.74, 6) is 1.14. The molecule has 1 aromatic carbocycles. The number of piperidine rings is 1. The van der Waals surface area contributed by atoms with Crippen LogP contribution in [0.25, 0.3) is 22.5 Å². The first kappa shape index (κ1) is 24.2. The van der Waals surface area contributed by atoms with E-state index in [0.717, 1.165) is 32.5 Å². The van der Waals surface area contributed by atoms with Crippen LogP contribution in [0.3, 0.4) is 0 Å². The summed E-state index contributed by atoms with van der Waals surface area (Å²) in [6.07, 6.45) is 2.98. The number of aliphatic hydroxyl groups excluding tert-OH is 1. The summed E-state index contributed by atoms with van der Waals surface area (Å²) in [4.78, 5) is 8.68. The number of nitrogens with zero attached hydrogens (tertiary/aromatic N) is 4. The Morgan fingerprint density at radius 1 is 1.03 bits per heavy atom. The molecule has 0 saturated carbocycles. The zero-order chi connectivity index (χ0) is 25.6. The largest absolute Gasteiger partial charge is 0.427 e. The van der Waals surface area contributed by atoms with Gasteiger partial charge >= 0.3 is 0 Å². The number of sulfonamides is 1. The highest BCUT2D eigenvalue weighted by Crippen LogP contribution is 2.36. The molecule has 0 aliphatic carbocycles. The van der Waals surface area contributed by atoms with Crippen LogP contribution in [0.5, 0.6) is 0 Å². The van der Waals surface area contributed by atoms with E-state index in [4.69, 9.17) is 0 Å². The number of hydrogen-bond donors (Lipinski definition) is 3. The third-order valence-electron chi connectivity index (χ3n) is 6.91. The van der Waals surface area contributed by atoms with Crippen LogP contribution in [-0.2, 0) is 10.0 Å². The van der Waals surface area contributed by atoms with Gasteiger partial charge in [0.25, 0.3) is 0 Å². The standard InChI is InChI=1S/C26H29N5O4S/c1-16-4-9-24(28-14-16)29-22-11-13-30(15-23(22)32)36(34,35)20-7-5-19(6-8-20)25-17(2)21-10-12-27-26(21)31(33)18(25)3/h4-10,12,14,22-23,32-33H,11,13,15H2,1-3H3,(H,28,29)/t22-,23+/m1/s1. The molecule has 3 aliphatic rings. The molecular weight excluding hydrogens is 478 g/mol. The maximum absolute atomic E-state index is 13.3. The zero-order valence-electron chi connectivity index (χ0n) is 20.4. The van der Waals surface area contributed by atoms with Gasteiger partial charge in [-0.2, -0.15) is 9.04 Å². The Balaban J connectivity index is 1.35. The van der Waals surface area contributed by atoms with Gasteiger partial charge in [0.15, 0.2) is 5.82 Å². The first-order chi connectivity index (χ1) is 17.2. The number of fused-ring (bicyclic) bond motifs is 1. The second-order valence-electron chi connectivity index (χ2n) is 9.29. The van der Waals surface area contributed by atoms with E-state index in [1.807, 2.05) is 32.0 Å². The second-order valence-corrected chi connectivity index (χ2v) is 11.2. The van der Waals surface area contributed by atoms with Crippen LogP contribution in [-0.4, -0.2) is 63.0 Å². The van der Waals surface area contributed by atoms with Crippen molar-refractivity contribution in [2.75, 3.05) is 18.4 Å². The molecule has 2 aromatic rings. The summed E-state index contributed by atoms with van der Waals surface area (Å²) in [6.45, 7) is 5.99. The maximum atomic E-state index is 13.3. The summed E-state index contributed by atoms with van der Waals surface area (Å²) in [6, 6.07) is 12.0. The molecule has 0 radical (unpaired) electrons. The van der Waals surface area contributed by atoms with Crippen molar-refractivity contribution in [1.29, 1.82) is 0 Å². The number of aryl methyl sites for hydroxylation is 1. The average molecular weight is 508 g/mol. The Morgan fingerprint density at radius 2 is 1.78 bits per heavy atom. The molecule has 9 nitrogen and oxygen atoms in total. The molecule has 0 unspecified atom stereocenters. The van der Waals surface area contributed by atoms with Crippen molar-refractivity contribution in [2.24, 2.45) is 0 Å². The van der Waals surface area contributed by atoms with Crippen molar-refractivity contribution in [2.45, 2.75) is 44.2 Å². The molecule has 0 amide bonds. The van der Waals surface area contributed by atoms with Crippen molar-refractivity contribution in [3.63, 3.8) is 0 Å². The van der Waals surface area contributed by atoms with Gasteiger partial charge in [-0.3, -0.25) is 0 Å². The van der Waals surface area contributed by atoms with Gasteiger partial charge in [0.05, 0.1) is 22.7 Å². The lowest BCUT2D eigenvalue weighted by Crippen LogP contribution is -2.51. The van der Waals surface area contributed by atoms with Gasteiger partial charge in [-0.1, -0.05) is 18.2 Å². The van der Waals surface area contributed by atoms with Crippen molar-refractivity contribution >= 4 is 15.8 Å². The topological polar surface area (TPSA) is 121 Å². The molecule has 2 atom stereocenters. The molecule has 10 heteroatoms. The molecule has 36 heavy (non-hydrogen) atoms. The third kappa shape index (κ3) is 4.21. The highest BCUT2D eigenvalue weighted by atomic mass is 32.2. The predicted molar refractivity (Wildman–Crippen MR) is 137 cm³/mol. The van der Waals surface area contributed by atoms with Gasteiger partial charge in [0.2, 0.25) is 10.0 Å². The normalized spacial score (nSPS) is 19.0. The van der Waals surface area contributed by atoms with E-state index < -0.39 is 16.1 Å². The lowest BCUT2D eigenvalue weighted by molar-refractivity contribution is 0.0949. The molecule has 1 fully saturated rings. The minimum absolute atomic E-state index is 0.00298. The number of anilines is 1. The van der Waals surface area contributed by atoms with Crippen molar-refractivity contribution < 1.29 is 18.7 Å². The van der Waals surface area contributed by atoms with Crippen LogP contribution in [0, 0.1) is 20.8 Å². The van der Waals surface area contributed by atoms with Crippen LogP contribution in [0.15, 0.2) is 59.8 Å². The number of nitrogens with one attached hydrogen (secondary N) is 1. The number of aliphatic hydroxyl groups is 1. The van der Waals surface area contributed by atoms with Gasteiger partial charge in [-0.05, 0) is 68.1 Å². The number of rotatable bonds is 5. The molecule has 3 aliphatic heterocycles. The van der Waals surface area contributed by atoms with E-state index >= 15 is 0 Å². The van der Waals surface area contributed by atoms with Gasteiger partial charge < -0.3 is 15.6 Å². The second kappa shape index (κ2) is 9.20. The minimum atomic E-state index is -3.78. The van der Waals surface area contributed by atoms with E-state index in [9.17, 15) is 18.7 Å². The van der Waals surface area contributed by atoms with Crippen LogP contribution in [0.1, 0.15) is 23.2 Å². The van der Waals surface area contributed by atoms with Crippen molar-refractivity contribution in [3.05, 3.63) is 71.7 Å². The lowest BCUT2D eigenvalue weighted by Gasteiger charge is -2.35. The summed E-state index contributed by atoms with van der Waals surface area (Å²) in [5, 5.41) is 24.4. The van der Waals surface area contributed by atoms with E-state index in [0.29, 0.717) is 23.8 Å². The summed E-state index contributed by atoms with van der Waals surface area (Å²) < 4.78 is 29.1. The Kier molecular flexibility index (Phi) is 6.19. The highest BCUT2D eigenvalue weighted by molar-refractivity contribution is 7.89. The minimum Gasteiger partial charge on any atom is -0.427 e. The van der Waals surface area contributed by atoms with E-state index in [1.165, 1.54) is 4.31 Å². The summed E-state index contributed by atoms with van der Waals surface area (Å²) in [7, 11) is -3.78. The first-order valence-corrected chi connectivity index (χ1v) is 13.2. The molecule has 5 rings (SSSR count). The predicted octanol–water partition coefficient (Wildman–Crippen LogP) is 3.45. The fourth-order valence-electron chi connectivity index (χ4n) is 4.86. The monoisotopic (exact) mass is 507 g/mol. The number of hydrogen-bond acceptors (Lipinski definition) is 7. The van der Waals surface area contributed by atoms with Gasteiger partial charge in [0.1, 0.15) is 5.82 Å². The summed E-state index contributed by atoms with van der Waals surface area (Å²) in [5.41, 5.74) is 5.08. The first-order valence-electron chi connectivity index (χ1n) is 11.8. The number of benzene rings is 1.